The first kappa shape index (κ1) is 25.9. The maximum atomic E-state index is 13.4. The summed E-state index contributed by atoms with van der Waals surface area (Å²) in [5.41, 5.74) is 2.81. The molecule has 3 aliphatic rings. The van der Waals surface area contributed by atoms with Crippen LogP contribution >= 0.6 is 0 Å². The Bertz CT molecular complexity index is 1010. The van der Waals surface area contributed by atoms with Crippen molar-refractivity contribution in [2.45, 2.75) is 51.0 Å². The Hall–Kier alpha value is -2.21. The monoisotopic (exact) mass is 509 g/mol. The molecule has 0 aliphatic carbocycles. The molecule has 1 atom stereocenters. The van der Waals surface area contributed by atoms with Gasteiger partial charge in [0.15, 0.2) is 0 Å². The number of hydrogen-bond donors (Lipinski definition) is 2. The molecule has 3 fully saturated rings. The molecule has 1 aromatic carbocycles. The number of rotatable bonds is 6. The fourth-order valence-electron chi connectivity index (χ4n) is 5.43. The number of piperidine rings is 2. The number of nitrogens with one attached hydrogen (secondary N) is 1. The van der Waals surface area contributed by atoms with Crippen molar-refractivity contribution in [2.75, 3.05) is 45.1 Å². The number of hydrogen-bond acceptors (Lipinski definition) is 7. The van der Waals surface area contributed by atoms with Crippen LogP contribution in [0.2, 0.25) is 0 Å². The van der Waals surface area contributed by atoms with Crippen molar-refractivity contribution in [3.8, 4) is 0 Å². The first-order chi connectivity index (χ1) is 16.7. The molecule has 194 valence electrons. The second-order valence-corrected chi connectivity index (χ2v) is 11.8. The van der Waals surface area contributed by atoms with Crippen molar-refractivity contribution in [1.82, 2.24) is 14.7 Å². The Labute approximate surface area is 206 Å². The van der Waals surface area contributed by atoms with E-state index < -0.39 is 33.2 Å². The SMILES string of the molecule is Cc1ccccc1C1CCN(S(=O)(=O)CC2(C(=O)NO)CCN(C(=O)O[C@H]3CCOC3)CC2)CC1. The molecule has 0 unspecified atom stereocenters. The highest BCUT2D eigenvalue weighted by Crippen LogP contribution is 2.37. The van der Waals surface area contributed by atoms with Gasteiger partial charge >= 0.3 is 6.09 Å². The maximum absolute atomic E-state index is 13.4. The number of likely N-dealkylation sites (tertiary alicyclic amines) is 1. The molecule has 35 heavy (non-hydrogen) atoms. The minimum absolute atomic E-state index is 0.120. The molecule has 3 heterocycles. The van der Waals surface area contributed by atoms with Gasteiger partial charge in [0.25, 0.3) is 5.91 Å². The van der Waals surface area contributed by atoms with E-state index in [1.165, 1.54) is 20.3 Å². The zero-order chi connectivity index (χ0) is 25.1. The largest absolute Gasteiger partial charge is 0.444 e. The van der Waals surface area contributed by atoms with Gasteiger partial charge in [-0.15, -0.1) is 0 Å². The summed E-state index contributed by atoms with van der Waals surface area (Å²) in [4.78, 5) is 26.7. The van der Waals surface area contributed by atoms with Crippen molar-refractivity contribution >= 4 is 22.0 Å². The molecule has 1 aromatic rings. The van der Waals surface area contributed by atoms with Gasteiger partial charge < -0.3 is 14.4 Å². The number of amides is 2. The van der Waals surface area contributed by atoms with E-state index in [4.69, 9.17) is 9.47 Å². The van der Waals surface area contributed by atoms with Crippen LogP contribution in [0.15, 0.2) is 24.3 Å². The Kier molecular flexibility index (Phi) is 7.99. The van der Waals surface area contributed by atoms with Crippen LogP contribution in [0.5, 0.6) is 0 Å². The second kappa shape index (κ2) is 10.8. The van der Waals surface area contributed by atoms with Crippen molar-refractivity contribution in [3.05, 3.63) is 35.4 Å². The highest BCUT2D eigenvalue weighted by Gasteiger charge is 2.47. The lowest BCUT2D eigenvalue weighted by Crippen LogP contribution is -2.55. The standard InChI is InChI=1S/C24H35N3O7S/c1-18-4-2-3-5-21(18)19-6-11-27(12-7-19)35(31,32)17-24(22(28)25-30)9-13-26(14-10-24)23(29)34-20-8-15-33-16-20/h2-5,19-20,30H,6-17H2,1H3,(H,25,28)/t20-/m0/s1. The quantitative estimate of drug-likeness (QED) is 0.444. The Balaban J connectivity index is 1.38. The van der Waals surface area contributed by atoms with Crippen molar-refractivity contribution in [3.63, 3.8) is 0 Å². The summed E-state index contributed by atoms with van der Waals surface area (Å²) in [6.45, 7) is 4.11. The van der Waals surface area contributed by atoms with E-state index in [1.807, 2.05) is 12.1 Å². The summed E-state index contributed by atoms with van der Waals surface area (Å²) in [6, 6.07) is 8.17. The molecule has 0 saturated carbocycles. The van der Waals surface area contributed by atoms with E-state index in [2.05, 4.69) is 19.1 Å². The molecule has 2 amide bonds. The molecular weight excluding hydrogens is 474 g/mol. The van der Waals surface area contributed by atoms with Gasteiger partial charge in [-0.2, -0.15) is 0 Å². The second-order valence-electron chi connectivity index (χ2n) is 9.86. The zero-order valence-corrected chi connectivity index (χ0v) is 21.0. The van der Waals surface area contributed by atoms with Gasteiger partial charge in [-0.05, 0) is 49.7 Å². The number of aryl methyl sites for hydroxylation is 1. The average molecular weight is 510 g/mol. The van der Waals surface area contributed by atoms with Gasteiger partial charge in [0.1, 0.15) is 6.10 Å². The van der Waals surface area contributed by atoms with Crippen molar-refractivity contribution < 1.29 is 32.7 Å². The maximum Gasteiger partial charge on any atom is 0.410 e. The number of nitrogens with zero attached hydrogens (tertiary/aromatic N) is 2. The van der Waals surface area contributed by atoms with E-state index >= 15 is 0 Å². The first-order valence-corrected chi connectivity index (χ1v) is 13.9. The molecule has 0 bridgehead atoms. The van der Waals surface area contributed by atoms with Gasteiger partial charge in [-0.3, -0.25) is 10.0 Å². The number of carbonyl (C=O) groups is 2. The van der Waals surface area contributed by atoms with Crippen LogP contribution in [-0.2, 0) is 24.3 Å². The normalized spacial score (nSPS) is 23.7. The van der Waals surface area contributed by atoms with Crippen LogP contribution < -0.4 is 5.48 Å². The molecule has 0 spiro atoms. The summed E-state index contributed by atoms with van der Waals surface area (Å²) < 4.78 is 38.9. The molecule has 4 rings (SSSR count). The summed E-state index contributed by atoms with van der Waals surface area (Å²) in [5, 5.41) is 9.38. The van der Waals surface area contributed by atoms with E-state index in [1.54, 1.807) is 5.48 Å². The molecule has 2 N–H and O–H groups in total. The first-order valence-electron chi connectivity index (χ1n) is 12.3. The molecule has 11 heteroatoms. The lowest BCUT2D eigenvalue weighted by molar-refractivity contribution is -0.141. The summed E-state index contributed by atoms with van der Waals surface area (Å²) in [6.07, 6.45) is 1.55. The van der Waals surface area contributed by atoms with Gasteiger partial charge in [0.2, 0.25) is 10.0 Å². The van der Waals surface area contributed by atoms with E-state index in [-0.39, 0.29) is 32.0 Å². The predicted molar refractivity (Wildman–Crippen MR) is 127 cm³/mol. The number of carbonyl (C=O) groups excluding carboxylic acids is 2. The van der Waals surface area contributed by atoms with Gasteiger partial charge in [0, 0.05) is 32.6 Å². The fourth-order valence-corrected chi connectivity index (χ4v) is 7.49. The van der Waals surface area contributed by atoms with Crippen molar-refractivity contribution in [1.29, 1.82) is 0 Å². The lowest BCUT2D eigenvalue weighted by Gasteiger charge is -2.41. The third-order valence-corrected chi connectivity index (χ3v) is 9.72. The molecule has 0 aromatic heterocycles. The minimum Gasteiger partial charge on any atom is -0.444 e. The number of ether oxygens (including phenoxy) is 2. The third-order valence-electron chi connectivity index (χ3n) is 7.65. The molecular formula is C24H35N3O7S. The highest BCUT2D eigenvalue weighted by atomic mass is 32.2. The number of sulfonamides is 1. The van der Waals surface area contributed by atoms with Crippen LogP contribution in [0.4, 0.5) is 4.79 Å². The number of hydroxylamine groups is 1. The van der Waals surface area contributed by atoms with Crippen LogP contribution in [0.1, 0.15) is 49.1 Å². The zero-order valence-electron chi connectivity index (χ0n) is 20.1. The van der Waals surface area contributed by atoms with Gasteiger partial charge in [0.05, 0.1) is 24.4 Å². The fraction of sp³-hybridized carbons (Fsp3) is 0.667. The molecule has 3 saturated heterocycles. The Morgan fingerprint density at radius 2 is 1.83 bits per heavy atom. The van der Waals surface area contributed by atoms with E-state index in [0.29, 0.717) is 51.5 Å². The summed E-state index contributed by atoms with van der Waals surface area (Å²) >= 11 is 0. The van der Waals surface area contributed by atoms with E-state index in [9.17, 15) is 23.2 Å². The van der Waals surface area contributed by atoms with Gasteiger partial charge in [-0.25, -0.2) is 23.0 Å². The number of benzene rings is 1. The highest BCUT2D eigenvalue weighted by molar-refractivity contribution is 7.89. The Morgan fingerprint density at radius 1 is 1.14 bits per heavy atom. The van der Waals surface area contributed by atoms with Crippen molar-refractivity contribution in [2.24, 2.45) is 5.41 Å². The van der Waals surface area contributed by atoms with Crippen LogP contribution in [-0.4, -0.2) is 86.1 Å². The molecule has 0 radical (unpaired) electrons. The van der Waals surface area contributed by atoms with Crippen LogP contribution in [0, 0.1) is 12.3 Å². The molecule has 3 aliphatic heterocycles. The predicted octanol–water partition coefficient (Wildman–Crippen LogP) is 2.02. The molecule has 10 nitrogen and oxygen atoms in total. The third kappa shape index (κ3) is 5.79. The lowest BCUT2D eigenvalue weighted by atomic mass is 9.79. The van der Waals surface area contributed by atoms with Gasteiger partial charge in [-0.1, -0.05) is 24.3 Å². The van der Waals surface area contributed by atoms with Crippen LogP contribution in [0.3, 0.4) is 0 Å². The average Bonchev–Trinajstić information content (AvgIpc) is 3.37. The topological polar surface area (TPSA) is 125 Å². The smallest absolute Gasteiger partial charge is 0.410 e. The summed E-state index contributed by atoms with van der Waals surface area (Å²) in [5.74, 6) is -0.828. The Morgan fingerprint density at radius 3 is 2.43 bits per heavy atom. The van der Waals surface area contributed by atoms with E-state index in [0.717, 1.165) is 0 Å². The van der Waals surface area contributed by atoms with Crippen LogP contribution in [0.25, 0.3) is 0 Å². The summed E-state index contributed by atoms with van der Waals surface area (Å²) in [7, 11) is -3.76. The minimum atomic E-state index is -3.76.